The molecule has 0 saturated carbocycles. The lowest BCUT2D eigenvalue weighted by Crippen LogP contribution is -2.82. The number of furan rings is 1. The van der Waals surface area contributed by atoms with Gasteiger partial charge in [0, 0.05) is 24.5 Å². The second-order valence-electron chi connectivity index (χ2n) is 6.48. The van der Waals surface area contributed by atoms with Gasteiger partial charge in [-0.2, -0.15) is 0 Å². The summed E-state index contributed by atoms with van der Waals surface area (Å²) in [7, 11) is 0. The number of hydrogen-bond acceptors (Lipinski definition) is 6. The number of thiazole rings is 1. The molecule has 0 aliphatic heterocycles. The first kappa shape index (κ1) is 19.1. The minimum absolute atomic E-state index is 0.123. The maximum absolute atomic E-state index is 12.5. The first-order valence-corrected chi connectivity index (χ1v) is 9.03. The summed E-state index contributed by atoms with van der Waals surface area (Å²) in [5, 5.41) is 5.09. The van der Waals surface area contributed by atoms with E-state index >= 15 is 0 Å². The van der Waals surface area contributed by atoms with Crippen molar-refractivity contribution in [3.63, 3.8) is 0 Å². The minimum Gasteiger partial charge on any atom is -0.459 e. The Bertz CT molecular complexity index is 663. The summed E-state index contributed by atoms with van der Waals surface area (Å²) in [6, 6.07) is 3.15. The summed E-state index contributed by atoms with van der Waals surface area (Å²) in [6.07, 6.45) is 3.17. The third kappa shape index (κ3) is 6.32. The highest BCUT2D eigenvalue weighted by atomic mass is 32.1. The third-order valence-electron chi connectivity index (χ3n) is 3.18. The minimum atomic E-state index is -0.671. The van der Waals surface area contributed by atoms with E-state index in [1.165, 1.54) is 12.3 Å². The maximum atomic E-state index is 12.5. The van der Waals surface area contributed by atoms with Crippen LogP contribution in [0.4, 0.5) is 4.79 Å². The Hall–Kier alpha value is -2.19. The van der Waals surface area contributed by atoms with E-state index in [2.05, 4.69) is 10.3 Å². The largest absolute Gasteiger partial charge is 0.459 e. The molecule has 2 aromatic heterocycles. The van der Waals surface area contributed by atoms with Crippen molar-refractivity contribution in [2.24, 2.45) is 0 Å². The van der Waals surface area contributed by atoms with Crippen LogP contribution in [-0.4, -0.2) is 40.6 Å². The fourth-order valence-corrected chi connectivity index (χ4v) is 2.71. The molecule has 0 unspecified atom stereocenters. The number of amides is 2. The van der Waals surface area contributed by atoms with Crippen LogP contribution in [0.3, 0.4) is 0 Å². The van der Waals surface area contributed by atoms with Crippen LogP contribution in [0.15, 0.2) is 34.4 Å². The van der Waals surface area contributed by atoms with Gasteiger partial charge in [-0.1, -0.05) is 0 Å². The van der Waals surface area contributed by atoms with Gasteiger partial charge < -0.3 is 14.5 Å². The molecule has 0 fully saturated rings. The van der Waals surface area contributed by atoms with Gasteiger partial charge in [0.25, 0.3) is 5.91 Å². The van der Waals surface area contributed by atoms with E-state index in [1.54, 1.807) is 44.4 Å². The summed E-state index contributed by atoms with van der Waals surface area (Å²) in [5.41, 5.74) is -0.671. The van der Waals surface area contributed by atoms with E-state index in [-0.39, 0.29) is 12.3 Å². The Morgan fingerprint density at radius 2 is 2.20 bits per heavy atom. The highest BCUT2D eigenvalue weighted by Crippen LogP contribution is 2.13. The number of imide groups is 1. The van der Waals surface area contributed by atoms with Crippen molar-refractivity contribution in [1.29, 1.82) is 0 Å². The molecule has 0 aromatic carbocycles. The molecular weight excluding hydrogens is 342 g/mol. The number of rotatable bonds is 7. The Labute approximate surface area is 151 Å². The first-order valence-electron chi connectivity index (χ1n) is 8.15. The van der Waals surface area contributed by atoms with E-state index in [9.17, 15) is 9.59 Å². The monoisotopic (exact) mass is 366 g/mol. The molecule has 8 heteroatoms. The maximum Gasteiger partial charge on any atom is 0.417 e. The highest BCUT2D eigenvalue weighted by Gasteiger charge is 2.29. The SMILES string of the molecule is CC(C)(C)OC(=O)N(CCC[NH2+]Cc1nccs1)C(=O)c1ccco1. The van der Waals surface area contributed by atoms with Gasteiger partial charge in [0.05, 0.1) is 12.8 Å². The molecule has 25 heavy (non-hydrogen) atoms. The number of hydrogen-bond donors (Lipinski definition) is 1. The molecule has 0 spiro atoms. The van der Waals surface area contributed by atoms with Crippen molar-refractivity contribution >= 4 is 23.3 Å². The molecule has 0 bridgehead atoms. The van der Waals surface area contributed by atoms with E-state index < -0.39 is 17.6 Å². The lowest BCUT2D eigenvalue weighted by molar-refractivity contribution is -0.670. The quantitative estimate of drug-likeness (QED) is 0.759. The van der Waals surface area contributed by atoms with Crippen LogP contribution in [0.25, 0.3) is 0 Å². The normalized spacial score (nSPS) is 11.3. The van der Waals surface area contributed by atoms with Gasteiger partial charge in [0.2, 0.25) is 0 Å². The van der Waals surface area contributed by atoms with Crippen LogP contribution < -0.4 is 5.32 Å². The van der Waals surface area contributed by atoms with Crippen LogP contribution in [0.5, 0.6) is 0 Å². The predicted molar refractivity (Wildman–Crippen MR) is 93.2 cm³/mol. The predicted octanol–water partition coefficient (Wildman–Crippen LogP) is 2.27. The van der Waals surface area contributed by atoms with Crippen molar-refractivity contribution in [1.82, 2.24) is 9.88 Å². The number of carbonyl (C=O) groups excluding carboxylic acids is 2. The summed E-state index contributed by atoms with van der Waals surface area (Å²) < 4.78 is 10.5. The molecule has 0 aliphatic carbocycles. The summed E-state index contributed by atoms with van der Waals surface area (Å²) in [4.78, 5) is 30.2. The number of nitrogens with zero attached hydrogens (tertiary/aromatic N) is 2. The Kier molecular flexibility index (Phi) is 6.72. The smallest absolute Gasteiger partial charge is 0.417 e. The summed E-state index contributed by atoms with van der Waals surface area (Å²) in [5.74, 6) is -0.364. The lowest BCUT2D eigenvalue weighted by Gasteiger charge is -2.25. The highest BCUT2D eigenvalue weighted by molar-refractivity contribution is 7.09. The lowest BCUT2D eigenvalue weighted by atomic mass is 10.2. The average molecular weight is 366 g/mol. The summed E-state index contributed by atoms with van der Waals surface area (Å²) in [6.45, 7) is 7.12. The molecule has 0 atom stereocenters. The number of quaternary nitrogens is 1. The first-order chi connectivity index (χ1) is 11.9. The molecule has 2 amide bonds. The van der Waals surface area contributed by atoms with Crippen LogP contribution in [0.2, 0.25) is 0 Å². The second-order valence-corrected chi connectivity index (χ2v) is 7.45. The molecule has 0 saturated heterocycles. The van der Waals surface area contributed by atoms with E-state index in [4.69, 9.17) is 9.15 Å². The van der Waals surface area contributed by atoms with Crippen molar-refractivity contribution in [3.8, 4) is 0 Å². The molecule has 7 nitrogen and oxygen atoms in total. The fourth-order valence-electron chi connectivity index (χ4n) is 2.10. The van der Waals surface area contributed by atoms with Gasteiger partial charge >= 0.3 is 6.09 Å². The van der Waals surface area contributed by atoms with Gasteiger partial charge in [-0.15, -0.1) is 11.3 Å². The second kappa shape index (κ2) is 8.77. The van der Waals surface area contributed by atoms with Crippen LogP contribution in [0.1, 0.15) is 42.8 Å². The number of ether oxygens (including phenoxy) is 1. The number of nitrogens with two attached hydrogens (primary N) is 1. The zero-order valence-corrected chi connectivity index (χ0v) is 15.5. The molecule has 2 aromatic rings. The van der Waals surface area contributed by atoms with Crippen molar-refractivity contribution in [2.45, 2.75) is 39.3 Å². The van der Waals surface area contributed by atoms with Gasteiger partial charge in [0.15, 0.2) is 5.76 Å². The zero-order chi connectivity index (χ0) is 18.3. The number of aromatic nitrogens is 1. The van der Waals surface area contributed by atoms with Gasteiger partial charge in [-0.25, -0.2) is 14.7 Å². The van der Waals surface area contributed by atoms with Crippen molar-refractivity contribution in [2.75, 3.05) is 13.1 Å². The molecule has 2 heterocycles. The van der Waals surface area contributed by atoms with Gasteiger partial charge in [-0.05, 0) is 32.9 Å². The van der Waals surface area contributed by atoms with Crippen LogP contribution in [0, 0.1) is 0 Å². The average Bonchev–Trinajstić information content (AvgIpc) is 3.21. The standard InChI is InChI=1S/C17H23N3O4S/c1-17(2,3)24-16(22)20(15(21)13-6-4-10-23-13)9-5-7-18-12-14-19-8-11-25-14/h4,6,8,10-11,18H,5,7,9,12H2,1-3H3/p+1. The van der Waals surface area contributed by atoms with Crippen LogP contribution in [-0.2, 0) is 11.3 Å². The van der Waals surface area contributed by atoms with Crippen LogP contribution >= 0.6 is 11.3 Å². The Morgan fingerprint density at radius 3 is 2.80 bits per heavy atom. The van der Waals surface area contributed by atoms with E-state index in [1.807, 2.05) is 5.38 Å². The fraction of sp³-hybridized carbons (Fsp3) is 0.471. The molecule has 2 rings (SSSR count). The van der Waals surface area contributed by atoms with Crippen molar-refractivity contribution in [3.05, 3.63) is 40.7 Å². The van der Waals surface area contributed by atoms with E-state index in [0.29, 0.717) is 6.42 Å². The van der Waals surface area contributed by atoms with Gasteiger partial charge in [-0.3, -0.25) is 4.79 Å². The topological polar surface area (TPSA) is 89.2 Å². The zero-order valence-electron chi connectivity index (χ0n) is 14.7. The third-order valence-corrected chi connectivity index (χ3v) is 3.99. The molecular formula is C17H24N3O4S+. The number of carbonyl (C=O) groups is 2. The van der Waals surface area contributed by atoms with E-state index in [0.717, 1.165) is 23.0 Å². The Morgan fingerprint density at radius 1 is 1.40 bits per heavy atom. The van der Waals surface area contributed by atoms with Gasteiger partial charge in [0.1, 0.15) is 17.2 Å². The molecule has 0 aliphatic rings. The van der Waals surface area contributed by atoms with Crippen molar-refractivity contribution < 1.29 is 24.1 Å². The molecule has 0 radical (unpaired) electrons. The Balaban J connectivity index is 1.89. The molecule has 136 valence electrons. The summed E-state index contributed by atoms with van der Waals surface area (Å²) >= 11 is 1.61. The molecule has 2 N–H and O–H groups in total.